The quantitative estimate of drug-likeness (QED) is 0.0177. The molecule has 9 atom stereocenters. The Morgan fingerprint density at radius 3 is 1.79 bits per heavy atom. The van der Waals surface area contributed by atoms with Crippen LogP contribution < -0.4 is 71.2 Å². The van der Waals surface area contributed by atoms with E-state index in [1.165, 1.54) is 11.8 Å². The average Bonchev–Trinajstić information content (AvgIpc) is 3.86. The molecule has 1 aromatic rings. The molecule has 0 unspecified atom stereocenters. The zero-order valence-corrected chi connectivity index (χ0v) is 42.2. The highest BCUT2D eigenvalue weighted by molar-refractivity contribution is 5.98. The molecule has 22 N–H and O–H groups in total. The number of aliphatic hydroxyl groups excluding tert-OH is 2. The van der Waals surface area contributed by atoms with Crippen LogP contribution in [0.25, 0.3) is 0 Å². The monoisotopic (exact) mass is 1080 g/mol. The van der Waals surface area contributed by atoms with Gasteiger partial charge in [0.05, 0.1) is 25.8 Å². The number of aliphatic imine (C=N–C) groups is 2. The second-order valence-electron chi connectivity index (χ2n) is 17.5. The number of benzene rings is 1. The summed E-state index contributed by atoms with van der Waals surface area (Å²) in [6, 6.07) is -3.39. The maximum atomic E-state index is 13.9. The van der Waals surface area contributed by atoms with Gasteiger partial charge in [-0.3, -0.25) is 57.9 Å². The lowest BCUT2D eigenvalue weighted by molar-refractivity contribution is -0.143. The number of carboxylic acids is 2. The van der Waals surface area contributed by atoms with E-state index in [0.29, 0.717) is 12.0 Å². The largest absolute Gasteiger partial charge is 0.481 e. The zero-order chi connectivity index (χ0) is 57.1. The Kier molecular flexibility index (Phi) is 27.7. The fourth-order valence-corrected chi connectivity index (χ4v) is 7.47. The lowest BCUT2D eigenvalue weighted by Gasteiger charge is -2.30. The average molecular weight is 1080 g/mol. The van der Waals surface area contributed by atoms with Crippen molar-refractivity contribution >= 4 is 77.0 Å². The van der Waals surface area contributed by atoms with Crippen LogP contribution in [0.1, 0.15) is 70.8 Å². The summed E-state index contributed by atoms with van der Waals surface area (Å²) in [6.45, 7) is 0.282. The van der Waals surface area contributed by atoms with Crippen LogP contribution in [0.3, 0.4) is 0 Å². The summed E-state index contributed by atoms with van der Waals surface area (Å²) in [5, 5.41) is 57.9. The summed E-state index contributed by atoms with van der Waals surface area (Å²) in [7, 11) is 0. The third-order valence-electron chi connectivity index (χ3n) is 11.4. The van der Waals surface area contributed by atoms with E-state index < -0.39 is 152 Å². The predicted molar refractivity (Wildman–Crippen MR) is 269 cm³/mol. The van der Waals surface area contributed by atoms with E-state index in [-0.39, 0.29) is 70.1 Å². The van der Waals surface area contributed by atoms with Crippen molar-refractivity contribution in [1.29, 1.82) is 0 Å². The van der Waals surface area contributed by atoms with Crippen molar-refractivity contribution in [1.82, 2.24) is 47.4 Å². The van der Waals surface area contributed by atoms with Gasteiger partial charge in [0.2, 0.25) is 53.2 Å². The molecule has 0 bridgehead atoms. The fraction of sp³-hybridized carbons (Fsp3) is 0.578. The number of amides is 9. The first-order valence-electron chi connectivity index (χ1n) is 24.2. The van der Waals surface area contributed by atoms with Crippen LogP contribution in [0.15, 0.2) is 40.3 Å². The molecule has 1 aliphatic heterocycles. The number of aliphatic hydroxyl groups is 2. The molecule has 31 nitrogen and oxygen atoms in total. The second-order valence-corrected chi connectivity index (χ2v) is 17.5. The minimum Gasteiger partial charge on any atom is -0.481 e. The van der Waals surface area contributed by atoms with Gasteiger partial charge in [-0.2, -0.15) is 0 Å². The number of carbonyl (C=O) groups excluding carboxylic acids is 9. The minimum atomic E-state index is -1.76. The summed E-state index contributed by atoms with van der Waals surface area (Å²) >= 11 is 0. The van der Waals surface area contributed by atoms with E-state index in [9.17, 15) is 68.1 Å². The molecule has 0 aromatic heterocycles. The Morgan fingerprint density at radius 2 is 1.24 bits per heavy atom. The normalized spacial score (nSPS) is 16.0. The number of nitrogens with two attached hydrogens (primary N) is 5. The summed E-state index contributed by atoms with van der Waals surface area (Å²) < 4.78 is 0. The Bertz CT molecular complexity index is 2240. The van der Waals surface area contributed by atoms with E-state index >= 15 is 0 Å². The highest BCUT2D eigenvalue weighted by atomic mass is 16.4. The molecule has 1 aliphatic rings. The Labute approximate surface area is 436 Å². The van der Waals surface area contributed by atoms with Crippen LogP contribution in [-0.4, -0.2) is 196 Å². The van der Waals surface area contributed by atoms with E-state index in [0.717, 1.165) is 6.92 Å². The highest BCUT2D eigenvalue weighted by Crippen LogP contribution is 2.20. The van der Waals surface area contributed by atoms with E-state index in [2.05, 4.69) is 52.5 Å². The molecule has 0 spiro atoms. The third-order valence-corrected chi connectivity index (χ3v) is 11.4. The molecule has 0 radical (unpaired) electrons. The highest BCUT2D eigenvalue weighted by Gasteiger charge is 2.40. The van der Waals surface area contributed by atoms with Gasteiger partial charge in [-0.05, 0) is 64.4 Å². The smallest absolute Gasteiger partial charge is 0.326 e. The van der Waals surface area contributed by atoms with Crippen LogP contribution in [0.4, 0.5) is 0 Å². The van der Waals surface area contributed by atoms with Crippen LogP contribution in [-0.2, 0) is 59.2 Å². The van der Waals surface area contributed by atoms with Crippen LogP contribution in [0, 0.1) is 0 Å². The summed E-state index contributed by atoms with van der Waals surface area (Å²) in [5.74, 6) is -11.4. The molecule has 0 saturated carbocycles. The Morgan fingerprint density at radius 1 is 0.671 bits per heavy atom. The summed E-state index contributed by atoms with van der Waals surface area (Å²) in [5.41, 5.74) is 27.6. The van der Waals surface area contributed by atoms with Gasteiger partial charge in [0, 0.05) is 32.5 Å². The maximum Gasteiger partial charge on any atom is 0.326 e. The number of carboxylic acid groups (broad SMARTS) is 2. The first-order chi connectivity index (χ1) is 35.9. The molecular formula is C45H72N16O15. The van der Waals surface area contributed by atoms with Gasteiger partial charge in [-0.15, -0.1) is 0 Å². The van der Waals surface area contributed by atoms with Crippen molar-refractivity contribution in [3.05, 3.63) is 35.9 Å². The van der Waals surface area contributed by atoms with E-state index in [1.54, 1.807) is 30.3 Å². The molecule has 1 aromatic carbocycles. The number of carbonyl (C=O) groups is 11. The number of likely N-dealkylation sites (tertiary alicyclic amines) is 1. The Hall–Kier alpha value is -8.19. The van der Waals surface area contributed by atoms with E-state index in [4.69, 9.17) is 33.8 Å². The number of nitrogens with one attached hydrogen (secondary N) is 8. The van der Waals surface area contributed by atoms with Crippen molar-refractivity contribution in [2.24, 2.45) is 38.7 Å². The van der Waals surface area contributed by atoms with E-state index in [1.807, 2.05) is 0 Å². The lowest BCUT2D eigenvalue weighted by Crippen LogP contribution is -2.60. The molecule has 0 aliphatic carbocycles. The molecule has 1 fully saturated rings. The number of aliphatic carboxylic acids is 2. The zero-order valence-electron chi connectivity index (χ0n) is 42.2. The molecule has 76 heavy (non-hydrogen) atoms. The summed E-state index contributed by atoms with van der Waals surface area (Å²) in [6.07, 6.45) is -1.92. The predicted octanol–water partition coefficient (Wildman–Crippen LogP) is -7.86. The molecule has 31 heteroatoms. The van der Waals surface area contributed by atoms with Gasteiger partial charge in [0.25, 0.3) is 0 Å². The molecule has 2 rings (SSSR count). The summed E-state index contributed by atoms with van der Waals surface area (Å²) in [4.78, 5) is 152. The number of hydrogen-bond donors (Lipinski definition) is 17. The third kappa shape index (κ3) is 22.9. The van der Waals surface area contributed by atoms with Gasteiger partial charge in [0.1, 0.15) is 48.3 Å². The standard InChI is InChI=1S/C45H72N16O15/c1-23(36(68)58-28(43(75)76)14-15-34(66)67)54-38(70)29(19-25-9-4-3-5-10-25)59-39(71)30(22-62)56-33(65)21-53-41(73)35(24(2)63)60-37(69)26(11-6-16-51-44(47)48)57-40(72)31-13-8-18-61(31)42(74)27(55-32(64)20-46)12-7-17-52-45(49)50/h3-5,9-10,23-24,26-31,35,62-63H,6-8,11-22,46H2,1-2H3,(H,53,73)(H,54,70)(H,55,64)(H,56,65)(H,57,72)(H,58,68)(H,59,71)(H,60,69)(H,66,67)(H,75,76)(H4,47,48,51)(H4,49,50,52)/t23-,24+,26-,27-,28-,29-,30-,31-,35-/m0/s1. The van der Waals surface area contributed by atoms with Crippen molar-refractivity contribution in [3.8, 4) is 0 Å². The van der Waals surface area contributed by atoms with Gasteiger partial charge in [0.15, 0.2) is 11.9 Å². The van der Waals surface area contributed by atoms with Gasteiger partial charge < -0.3 is 96.5 Å². The van der Waals surface area contributed by atoms with Crippen molar-refractivity contribution in [2.45, 2.75) is 126 Å². The van der Waals surface area contributed by atoms with Crippen molar-refractivity contribution in [3.63, 3.8) is 0 Å². The number of guanidine groups is 2. The molecule has 1 heterocycles. The SMILES string of the molecule is C[C@H](NC(=O)[C@H](Cc1ccccc1)NC(=O)[C@H](CO)NC(=O)CNC(=O)[C@@H](NC(=O)[C@H](CCCN=C(N)N)NC(=O)[C@@H]1CCCN1C(=O)[C@H](CCCN=C(N)N)NC(=O)CN)[C@@H](C)O)C(=O)N[C@@H](CCC(=O)O)C(=O)O. The molecular weight excluding hydrogens is 1000 g/mol. The minimum absolute atomic E-state index is 0.00877. The van der Waals surface area contributed by atoms with Crippen LogP contribution >= 0.6 is 0 Å². The first-order valence-corrected chi connectivity index (χ1v) is 24.2. The lowest BCUT2D eigenvalue weighted by atomic mass is 10.0. The van der Waals surface area contributed by atoms with Crippen molar-refractivity contribution < 1.29 is 73.2 Å². The van der Waals surface area contributed by atoms with Gasteiger partial charge in [-0.25, -0.2) is 4.79 Å². The first kappa shape index (κ1) is 63.9. The molecule has 1 saturated heterocycles. The molecule has 422 valence electrons. The Balaban J connectivity index is 2.20. The van der Waals surface area contributed by atoms with Gasteiger partial charge in [-0.1, -0.05) is 30.3 Å². The second kappa shape index (κ2) is 32.9. The maximum absolute atomic E-state index is 13.9. The number of rotatable bonds is 33. The van der Waals surface area contributed by atoms with Gasteiger partial charge >= 0.3 is 11.9 Å². The topological polar surface area (TPSA) is 523 Å². The van der Waals surface area contributed by atoms with Crippen LogP contribution in [0.2, 0.25) is 0 Å². The number of nitrogens with zero attached hydrogens (tertiary/aromatic N) is 3. The fourth-order valence-electron chi connectivity index (χ4n) is 7.47. The number of hydrogen-bond acceptors (Lipinski definition) is 16. The van der Waals surface area contributed by atoms with Crippen LogP contribution in [0.5, 0.6) is 0 Å². The molecule has 9 amide bonds. The van der Waals surface area contributed by atoms with Crippen molar-refractivity contribution in [2.75, 3.05) is 39.3 Å².